The second kappa shape index (κ2) is 33.2. The number of ether oxygens (including phenoxy) is 2. The van der Waals surface area contributed by atoms with E-state index in [-0.39, 0.29) is 19.4 Å². The maximum absolute atomic E-state index is 12.3. The molecule has 0 aliphatic heterocycles. The van der Waals surface area contributed by atoms with Crippen LogP contribution >= 0.6 is 7.82 Å². The fourth-order valence-corrected chi connectivity index (χ4v) is 5.21. The lowest BCUT2D eigenvalue weighted by atomic mass is 10.1. The Kier molecular flexibility index (Phi) is 31.9. The van der Waals surface area contributed by atoms with Crippen LogP contribution in [-0.2, 0) is 28.2 Å². The van der Waals surface area contributed by atoms with Gasteiger partial charge in [-0.05, 0) is 64.2 Å². The molecule has 0 fully saturated rings. The number of rotatable bonds is 33. The van der Waals surface area contributed by atoms with Gasteiger partial charge in [-0.3, -0.25) is 14.1 Å². The third-order valence-corrected chi connectivity index (χ3v) is 8.12. The van der Waals surface area contributed by atoms with Gasteiger partial charge in [-0.1, -0.05) is 127 Å². The highest BCUT2D eigenvalue weighted by Gasteiger charge is 2.22. The van der Waals surface area contributed by atoms with Crippen LogP contribution in [0.25, 0.3) is 0 Å². The summed E-state index contributed by atoms with van der Waals surface area (Å²) in [4.78, 5) is 42.6. The SMILES string of the molecule is CCCC/C=C\CCCCCCCC(=O)OC[C@H](COP(=O)(O)O)OC(=O)CCCCCCCCC/C=C\C/C=C\CCCCC. The van der Waals surface area contributed by atoms with Crippen LogP contribution < -0.4 is 0 Å². The zero-order valence-corrected chi connectivity index (χ0v) is 30.1. The normalized spacial score (nSPS) is 12.9. The van der Waals surface area contributed by atoms with E-state index in [1.165, 1.54) is 57.8 Å². The fourth-order valence-electron chi connectivity index (χ4n) is 4.85. The average Bonchev–Trinajstić information content (AvgIpc) is 3.02. The number of carbonyl (C=O) groups is 2. The van der Waals surface area contributed by atoms with Crippen molar-refractivity contribution >= 4 is 19.8 Å². The van der Waals surface area contributed by atoms with Gasteiger partial charge in [0.1, 0.15) is 6.61 Å². The van der Waals surface area contributed by atoms with E-state index in [0.29, 0.717) is 12.8 Å². The van der Waals surface area contributed by atoms with Crippen molar-refractivity contribution in [2.75, 3.05) is 13.2 Å². The van der Waals surface area contributed by atoms with Crippen LogP contribution in [0.4, 0.5) is 0 Å². The zero-order chi connectivity index (χ0) is 34.0. The van der Waals surface area contributed by atoms with Gasteiger partial charge in [0.25, 0.3) is 0 Å². The van der Waals surface area contributed by atoms with E-state index in [2.05, 4.69) is 54.8 Å². The number of allylic oxidation sites excluding steroid dienone is 6. The Morgan fingerprint density at radius 3 is 1.52 bits per heavy atom. The monoisotopic (exact) mass is 670 g/mol. The van der Waals surface area contributed by atoms with E-state index < -0.39 is 32.5 Å². The van der Waals surface area contributed by atoms with Crippen LogP contribution in [0, 0.1) is 0 Å². The second-order valence-corrected chi connectivity index (χ2v) is 13.4. The van der Waals surface area contributed by atoms with Gasteiger partial charge in [0, 0.05) is 12.8 Å². The Morgan fingerprint density at radius 1 is 0.565 bits per heavy atom. The molecule has 8 nitrogen and oxygen atoms in total. The van der Waals surface area contributed by atoms with Crippen LogP contribution in [0.3, 0.4) is 0 Å². The van der Waals surface area contributed by atoms with Crippen molar-refractivity contribution in [2.24, 2.45) is 0 Å². The second-order valence-electron chi connectivity index (χ2n) is 12.2. The zero-order valence-electron chi connectivity index (χ0n) is 29.2. The van der Waals surface area contributed by atoms with Crippen molar-refractivity contribution in [1.82, 2.24) is 0 Å². The molecule has 0 saturated carbocycles. The van der Waals surface area contributed by atoms with E-state index in [0.717, 1.165) is 70.6 Å². The first-order valence-corrected chi connectivity index (χ1v) is 19.8. The van der Waals surface area contributed by atoms with Crippen LogP contribution in [0.15, 0.2) is 36.5 Å². The van der Waals surface area contributed by atoms with Crippen LogP contribution in [0.5, 0.6) is 0 Å². The lowest BCUT2D eigenvalue weighted by molar-refractivity contribution is -0.161. The van der Waals surface area contributed by atoms with Gasteiger partial charge in [0.15, 0.2) is 6.10 Å². The van der Waals surface area contributed by atoms with Crippen molar-refractivity contribution in [3.63, 3.8) is 0 Å². The van der Waals surface area contributed by atoms with Gasteiger partial charge >= 0.3 is 19.8 Å². The molecule has 0 amide bonds. The van der Waals surface area contributed by atoms with E-state index >= 15 is 0 Å². The fraction of sp³-hybridized carbons (Fsp3) is 0.784. The van der Waals surface area contributed by atoms with Gasteiger partial charge in [-0.2, -0.15) is 0 Å². The number of hydrogen-bond acceptors (Lipinski definition) is 6. The van der Waals surface area contributed by atoms with E-state index in [4.69, 9.17) is 19.3 Å². The van der Waals surface area contributed by atoms with Crippen molar-refractivity contribution in [3.8, 4) is 0 Å². The number of unbranched alkanes of at least 4 members (excludes halogenated alkanes) is 17. The first-order chi connectivity index (χ1) is 22.3. The summed E-state index contributed by atoms with van der Waals surface area (Å²) in [6.45, 7) is 3.59. The third-order valence-electron chi connectivity index (χ3n) is 7.63. The molecular formula is C37H67O8P. The minimum Gasteiger partial charge on any atom is -0.462 e. The molecule has 9 heteroatoms. The molecule has 0 aromatic carbocycles. The number of phosphoric ester groups is 1. The summed E-state index contributed by atoms with van der Waals surface area (Å²) in [6, 6.07) is 0. The highest BCUT2D eigenvalue weighted by molar-refractivity contribution is 7.46. The van der Waals surface area contributed by atoms with Gasteiger partial charge in [0.05, 0.1) is 6.61 Å². The predicted octanol–water partition coefficient (Wildman–Crippen LogP) is 10.6. The Hall–Kier alpha value is -1.73. The molecule has 0 radical (unpaired) electrons. The first-order valence-electron chi connectivity index (χ1n) is 18.3. The molecule has 1 atom stereocenters. The van der Waals surface area contributed by atoms with Crippen LogP contribution in [0.2, 0.25) is 0 Å². The lowest BCUT2D eigenvalue weighted by Gasteiger charge is -2.18. The summed E-state index contributed by atoms with van der Waals surface area (Å²) in [5, 5.41) is 0. The summed E-state index contributed by atoms with van der Waals surface area (Å²) in [7, 11) is -4.75. The molecule has 268 valence electrons. The molecule has 0 unspecified atom stereocenters. The molecule has 0 spiro atoms. The van der Waals surface area contributed by atoms with Crippen LogP contribution in [-0.4, -0.2) is 41.0 Å². The van der Waals surface area contributed by atoms with E-state index in [1.807, 2.05) is 0 Å². The number of phosphoric acid groups is 1. The van der Waals surface area contributed by atoms with Crippen molar-refractivity contribution < 1.29 is 37.9 Å². The predicted molar refractivity (Wildman–Crippen MR) is 188 cm³/mol. The molecule has 0 heterocycles. The maximum Gasteiger partial charge on any atom is 0.469 e. The average molecular weight is 671 g/mol. The molecule has 0 saturated heterocycles. The highest BCUT2D eigenvalue weighted by Crippen LogP contribution is 2.36. The lowest BCUT2D eigenvalue weighted by Crippen LogP contribution is -2.29. The Morgan fingerprint density at radius 2 is 1.00 bits per heavy atom. The topological polar surface area (TPSA) is 119 Å². The van der Waals surface area contributed by atoms with Crippen LogP contribution in [0.1, 0.15) is 168 Å². The van der Waals surface area contributed by atoms with Gasteiger partial charge in [-0.15, -0.1) is 0 Å². The molecule has 0 aliphatic carbocycles. The molecule has 0 bridgehead atoms. The minimum atomic E-state index is -4.75. The summed E-state index contributed by atoms with van der Waals surface area (Å²) in [5.41, 5.74) is 0. The molecular weight excluding hydrogens is 603 g/mol. The minimum absolute atomic E-state index is 0.201. The Balaban J connectivity index is 3.99. The molecule has 46 heavy (non-hydrogen) atoms. The van der Waals surface area contributed by atoms with Crippen molar-refractivity contribution in [2.45, 2.75) is 174 Å². The Labute approximate surface area is 281 Å². The van der Waals surface area contributed by atoms with Crippen molar-refractivity contribution in [1.29, 1.82) is 0 Å². The number of carbonyl (C=O) groups excluding carboxylic acids is 2. The Bertz CT molecular complexity index is 848. The molecule has 0 rings (SSSR count). The summed E-state index contributed by atoms with van der Waals surface area (Å²) < 4.78 is 26.2. The smallest absolute Gasteiger partial charge is 0.462 e. The number of hydrogen-bond donors (Lipinski definition) is 2. The van der Waals surface area contributed by atoms with E-state index in [1.54, 1.807) is 0 Å². The molecule has 0 aromatic heterocycles. The highest BCUT2D eigenvalue weighted by atomic mass is 31.2. The first kappa shape index (κ1) is 44.3. The van der Waals surface area contributed by atoms with Crippen molar-refractivity contribution in [3.05, 3.63) is 36.5 Å². The number of esters is 2. The third kappa shape index (κ3) is 35.1. The maximum atomic E-state index is 12.3. The molecule has 0 aliphatic rings. The summed E-state index contributed by atoms with van der Waals surface area (Å²) >= 11 is 0. The van der Waals surface area contributed by atoms with Gasteiger partial charge in [-0.25, -0.2) is 4.57 Å². The standard InChI is InChI=1S/C37H67O8P/c1-3-5-7-9-11-13-15-16-17-18-19-20-22-24-26-28-30-32-37(39)45-35(34-44-46(40,41)42)33-43-36(38)31-29-27-25-23-21-14-12-10-8-6-4-2/h10-13,16-17,35H,3-9,14-15,18-34H2,1-2H3,(H2,40,41,42)/b12-10-,13-11-,17-16-/t35-/m1/s1. The summed E-state index contributed by atoms with van der Waals surface area (Å²) in [5.74, 6) is -0.907. The quantitative estimate of drug-likeness (QED) is 0.0306. The van der Waals surface area contributed by atoms with E-state index in [9.17, 15) is 14.2 Å². The largest absolute Gasteiger partial charge is 0.469 e. The van der Waals surface area contributed by atoms with Gasteiger partial charge < -0.3 is 19.3 Å². The summed E-state index contributed by atoms with van der Waals surface area (Å²) in [6.07, 6.45) is 37.2. The van der Waals surface area contributed by atoms with Gasteiger partial charge in [0.2, 0.25) is 0 Å². The molecule has 2 N–H and O–H groups in total. The molecule has 0 aromatic rings.